The topological polar surface area (TPSA) is 46.2 Å². The van der Waals surface area contributed by atoms with Gasteiger partial charge in [0.2, 0.25) is 0 Å². The van der Waals surface area contributed by atoms with Crippen LogP contribution >= 0.6 is 22.9 Å². The Kier molecular flexibility index (Phi) is 4.47. The fourth-order valence-corrected chi connectivity index (χ4v) is 4.56. The van der Waals surface area contributed by atoms with Crippen LogP contribution in [0.3, 0.4) is 0 Å². The SMILES string of the molecule is O=S1(=O)CCC(NCCc2ccc(Cl)s2)CC1. The van der Waals surface area contributed by atoms with Crippen LogP contribution in [-0.2, 0) is 16.3 Å². The first-order valence-corrected chi connectivity index (χ1v) is 8.75. The Hall–Kier alpha value is -0.100. The van der Waals surface area contributed by atoms with E-state index in [-0.39, 0.29) is 0 Å². The second-order valence-electron chi connectivity index (χ2n) is 4.34. The van der Waals surface area contributed by atoms with Crippen molar-refractivity contribution in [2.75, 3.05) is 18.1 Å². The highest BCUT2D eigenvalue weighted by Gasteiger charge is 2.22. The molecule has 1 aromatic rings. The van der Waals surface area contributed by atoms with Gasteiger partial charge in [-0.05, 0) is 31.4 Å². The molecule has 6 heteroatoms. The number of nitrogens with one attached hydrogen (secondary N) is 1. The molecular formula is C11H16ClNO2S2. The molecule has 1 N–H and O–H groups in total. The zero-order valence-corrected chi connectivity index (χ0v) is 11.9. The molecule has 1 aromatic heterocycles. The molecule has 0 saturated carbocycles. The number of hydrogen-bond donors (Lipinski definition) is 1. The first kappa shape index (κ1) is 13.3. The molecule has 0 atom stereocenters. The molecule has 1 aliphatic heterocycles. The lowest BCUT2D eigenvalue weighted by Gasteiger charge is -2.22. The van der Waals surface area contributed by atoms with Crippen molar-refractivity contribution in [3.05, 3.63) is 21.3 Å². The highest BCUT2D eigenvalue weighted by Crippen LogP contribution is 2.21. The fourth-order valence-electron chi connectivity index (χ4n) is 1.98. The number of sulfone groups is 1. The van der Waals surface area contributed by atoms with Gasteiger partial charge in [0.1, 0.15) is 9.84 Å². The lowest BCUT2D eigenvalue weighted by Crippen LogP contribution is -2.38. The first-order valence-electron chi connectivity index (χ1n) is 5.73. The molecule has 1 fully saturated rings. The average Bonchev–Trinajstić information content (AvgIpc) is 2.67. The van der Waals surface area contributed by atoms with Gasteiger partial charge in [-0.25, -0.2) is 8.42 Å². The van der Waals surface area contributed by atoms with Gasteiger partial charge in [0.15, 0.2) is 0 Å². The molecular weight excluding hydrogens is 278 g/mol. The molecule has 0 aromatic carbocycles. The van der Waals surface area contributed by atoms with E-state index in [0.29, 0.717) is 17.5 Å². The minimum atomic E-state index is -2.74. The molecule has 17 heavy (non-hydrogen) atoms. The predicted octanol–water partition coefficient (Wildman–Crippen LogP) is 2.11. The third kappa shape index (κ3) is 4.25. The Balaban J connectivity index is 1.70. The number of rotatable bonds is 4. The zero-order chi connectivity index (χ0) is 12.3. The van der Waals surface area contributed by atoms with Crippen LogP contribution in [0.4, 0.5) is 0 Å². The van der Waals surface area contributed by atoms with E-state index >= 15 is 0 Å². The van der Waals surface area contributed by atoms with Crippen LogP contribution in [0, 0.1) is 0 Å². The lowest BCUT2D eigenvalue weighted by atomic mass is 10.1. The second-order valence-corrected chi connectivity index (χ2v) is 8.44. The summed E-state index contributed by atoms with van der Waals surface area (Å²) >= 11 is 7.45. The van der Waals surface area contributed by atoms with Gasteiger partial charge in [-0.2, -0.15) is 0 Å². The van der Waals surface area contributed by atoms with Gasteiger partial charge in [-0.1, -0.05) is 11.6 Å². The molecule has 0 unspecified atom stereocenters. The van der Waals surface area contributed by atoms with Crippen molar-refractivity contribution < 1.29 is 8.42 Å². The molecule has 0 spiro atoms. The van der Waals surface area contributed by atoms with Gasteiger partial charge < -0.3 is 5.32 Å². The van der Waals surface area contributed by atoms with Crippen molar-refractivity contribution in [3.8, 4) is 0 Å². The van der Waals surface area contributed by atoms with E-state index in [4.69, 9.17) is 11.6 Å². The summed E-state index contributed by atoms with van der Waals surface area (Å²) in [5, 5.41) is 3.42. The Morgan fingerprint density at radius 1 is 1.35 bits per heavy atom. The maximum atomic E-state index is 11.3. The maximum absolute atomic E-state index is 11.3. The smallest absolute Gasteiger partial charge is 0.150 e. The molecule has 2 rings (SSSR count). The Labute approximate surface area is 111 Å². The van der Waals surface area contributed by atoms with Crippen molar-refractivity contribution in [2.45, 2.75) is 25.3 Å². The van der Waals surface area contributed by atoms with Crippen LogP contribution in [0.25, 0.3) is 0 Å². The normalized spacial score (nSPS) is 20.5. The van der Waals surface area contributed by atoms with Gasteiger partial charge >= 0.3 is 0 Å². The van der Waals surface area contributed by atoms with Crippen LogP contribution in [-0.4, -0.2) is 32.5 Å². The summed E-state index contributed by atoms with van der Waals surface area (Å²) < 4.78 is 23.3. The molecule has 0 aliphatic carbocycles. The van der Waals surface area contributed by atoms with Crippen molar-refractivity contribution in [2.24, 2.45) is 0 Å². The van der Waals surface area contributed by atoms with Crippen molar-refractivity contribution >= 4 is 32.8 Å². The lowest BCUT2D eigenvalue weighted by molar-refractivity contribution is 0.467. The maximum Gasteiger partial charge on any atom is 0.150 e. The van der Waals surface area contributed by atoms with Gasteiger partial charge in [0, 0.05) is 17.5 Å². The molecule has 1 saturated heterocycles. The van der Waals surface area contributed by atoms with Crippen LogP contribution in [0.5, 0.6) is 0 Å². The molecule has 3 nitrogen and oxygen atoms in total. The zero-order valence-electron chi connectivity index (χ0n) is 9.49. The van der Waals surface area contributed by atoms with Gasteiger partial charge in [-0.15, -0.1) is 11.3 Å². The van der Waals surface area contributed by atoms with Crippen molar-refractivity contribution in [1.82, 2.24) is 5.32 Å². The summed E-state index contributed by atoms with van der Waals surface area (Å²) in [4.78, 5) is 1.27. The predicted molar refractivity (Wildman–Crippen MR) is 72.7 cm³/mol. The summed E-state index contributed by atoms with van der Waals surface area (Å²) in [5.41, 5.74) is 0. The molecule has 1 aliphatic rings. The summed E-state index contributed by atoms with van der Waals surface area (Å²) in [6, 6.07) is 4.31. The number of halogens is 1. The van der Waals surface area contributed by atoms with Gasteiger partial charge in [-0.3, -0.25) is 0 Å². The summed E-state index contributed by atoms with van der Waals surface area (Å²) in [5.74, 6) is 0.658. The Bertz CT molecular complexity index is 456. The fraction of sp³-hybridized carbons (Fsp3) is 0.636. The van der Waals surface area contributed by atoms with Crippen LogP contribution in [0.2, 0.25) is 4.34 Å². The summed E-state index contributed by atoms with van der Waals surface area (Å²) in [7, 11) is -2.74. The van der Waals surface area contributed by atoms with E-state index in [1.165, 1.54) is 4.88 Å². The van der Waals surface area contributed by atoms with E-state index in [1.807, 2.05) is 12.1 Å². The molecule has 2 heterocycles. The van der Waals surface area contributed by atoms with E-state index in [0.717, 1.165) is 30.1 Å². The minimum Gasteiger partial charge on any atom is -0.314 e. The monoisotopic (exact) mass is 293 g/mol. The highest BCUT2D eigenvalue weighted by molar-refractivity contribution is 7.91. The van der Waals surface area contributed by atoms with Gasteiger partial charge in [0.25, 0.3) is 0 Å². The van der Waals surface area contributed by atoms with Crippen molar-refractivity contribution in [3.63, 3.8) is 0 Å². The third-order valence-electron chi connectivity index (χ3n) is 2.99. The Morgan fingerprint density at radius 2 is 2.06 bits per heavy atom. The van der Waals surface area contributed by atoms with E-state index in [2.05, 4.69) is 5.32 Å². The van der Waals surface area contributed by atoms with Crippen LogP contribution in [0.1, 0.15) is 17.7 Å². The molecule has 0 amide bonds. The summed E-state index contributed by atoms with van der Waals surface area (Å²) in [6.07, 6.45) is 2.45. The average molecular weight is 294 g/mol. The van der Waals surface area contributed by atoms with Crippen molar-refractivity contribution in [1.29, 1.82) is 0 Å². The van der Waals surface area contributed by atoms with E-state index in [9.17, 15) is 8.42 Å². The van der Waals surface area contributed by atoms with Crippen LogP contribution < -0.4 is 5.32 Å². The number of hydrogen-bond acceptors (Lipinski definition) is 4. The number of thiophene rings is 1. The highest BCUT2D eigenvalue weighted by atomic mass is 35.5. The quantitative estimate of drug-likeness (QED) is 0.925. The van der Waals surface area contributed by atoms with Gasteiger partial charge in [0.05, 0.1) is 15.8 Å². The molecule has 0 bridgehead atoms. The van der Waals surface area contributed by atoms with Crippen LogP contribution in [0.15, 0.2) is 12.1 Å². The Morgan fingerprint density at radius 3 is 2.65 bits per heavy atom. The molecule has 0 radical (unpaired) electrons. The molecule has 96 valence electrons. The first-order chi connectivity index (χ1) is 8.05. The standard InChI is InChI=1S/C11H16ClNO2S2/c12-11-2-1-10(16-11)3-6-13-9-4-7-17(14,15)8-5-9/h1-2,9,13H,3-8H2. The summed E-state index contributed by atoms with van der Waals surface area (Å²) in [6.45, 7) is 0.890. The van der Waals surface area contributed by atoms with E-state index in [1.54, 1.807) is 11.3 Å². The van der Waals surface area contributed by atoms with E-state index < -0.39 is 9.84 Å². The largest absolute Gasteiger partial charge is 0.314 e. The second kappa shape index (κ2) is 5.69. The minimum absolute atomic E-state index is 0.329. The third-order valence-corrected chi connectivity index (χ3v) is 5.99.